The maximum absolute atomic E-state index is 10.3. The maximum Gasteiger partial charge on any atom is 0.179 e. The van der Waals surface area contributed by atoms with E-state index >= 15 is 0 Å². The highest BCUT2D eigenvalue weighted by molar-refractivity contribution is 9.06. The molecule has 0 aliphatic rings. The van der Waals surface area contributed by atoms with Gasteiger partial charge in [0, 0.05) is 0 Å². The lowest BCUT2D eigenvalue weighted by molar-refractivity contribution is -0.301. The molecule has 0 radical (unpaired) electrons. The zero-order chi connectivity index (χ0) is 27.9. The number of para-hydroxylation sites is 2. The zero-order valence-electron chi connectivity index (χ0n) is 17.7. The van der Waals surface area contributed by atoms with E-state index in [1.807, 2.05) is 0 Å². The monoisotopic (exact) mass is 628 g/mol. The van der Waals surface area contributed by atoms with Gasteiger partial charge in [0.25, 0.3) is 0 Å². The van der Waals surface area contributed by atoms with Crippen LogP contribution >= 0.6 is 32.5 Å². The van der Waals surface area contributed by atoms with Crippen molar-refractivity contribution in [2.24, 2.45) is 0 Å². The summed E-state index contributed by atoms with van der Waals surface area (Å²) in [6.07, 6.45) is 3.03. The summed E-state index contributed by atoms with van der Waals surface area (Å²) in [4.78, 5) is 58.2. The van der Waals surface area contributed by atoms with Crippen LogP contribution in [0.2, 0.25) is 0 Å². The molecule has 0 atom stereocenters. The van der Waals surface area contributed by atoms with Crippen LogP contribution in [0.4, 0.5) is 0 Å². The van der Waals surface area contributed by atoms with Crippen LogP contribution in [-0.4, -0.2) is 36.4 Å². The fraction of sp³-hybridized carbons (Fsp3) is 0. The lowest BCUT2D eigenvalue weighted by Crippen LogP contribution is -2.23. The van der Waals surface area contributed by atoms with Crippen LogP contribution in [0.25, 0.3) is 0 Å². The van der Waals surface area contributed by atoms with Gasteiger partial charge in [0.05, 0.1) is 35.0 Å². The predicted octanol–water partition coefficient (Wildman–Crippen LogP) is -1.54. The molecule has 192 valence electrons. The number of hydrogen-bond donors (Lipinski definition) is 0. The normalized spacial score (nSPS) is 9.17. The minimum Gasteiger partial charge on any atom is -0.545 e. The summed E-state index contributed by atoms with van der Waals surface area (Å²) in [7, 11) is 0. The van der Waals surface area contributed by atoms with Gasteiger partial charge in [0.1, 0.15) is 11.5 Å². The van der Waals surface area contributed by atoms with Crippen molar-refractivity contribution < 1.29 is 56.8 Å². The zero-order valence-corrected chi connectivity index (χ0v) is 20.9. The summed E-state index contributed by atoms with van der Waals surface area (Å²) in [5.74, 6) is -5.11. The van der Waals surface area contributed by atoms with E-state index in [0.717, 1.165) is 12.6 Å². The van der Waals surface area contributed by atoms with Crippen LogP contribution in [0.5, 0.6) is 11.5 Å². The molecule has 36 heavy (non-hydrogen) atoms. The molecule has 0 saturated heterocycles. The lowest BCUT2D eigenvalue weighted by atomic mass is 10.2. The van der Waals surface area contributed by atoms with Gasteiger partial charge in [-0.1, -0.05) is 24.3 Å². The molecule has 0 saturated carbocycles. The van der Waals surface area contributed by atoms with Crippen LogP contribution in [0.1, 0.15) is 20.7 Å². The fourth-order valence-electron chi connectivity index (χ4n) is 1.57. The van der Waals surface area contributed by atoms with Crippen LogP contribution in [0.3, 0.4) is 0 Å². The standard InChI is InChI=1S/2C7H5BrO2.2C4H4O4/c2*8-10-7-4-2-1-3-6(7)5-9;2*5-3(6)1-2-4(7)8/h2*1-5H;2*1-2H,(H,5,6)(H,7,8)/p-4/b;;2*2-1+. The summed E-state index contributed by atoms with van der Waals surface area (Å²) in [5, 5.41) is 37.7. The molecule has 0 aliphatic heterocycles. The third-order valence-electron chi connectivity index (χ3n) is 2.97. The molecule has 0 unspecified atom stereocenters. The fourth-order valence-corrected chi connectivity index (χ4v) is 2.16. The molecule has 0 heterocycles. The van der Waals surface area contributed by atoms with Gasteiger partial charge >= 0.3 is 0 Å². The molecule has 0 amide bonds. The quantitative estimate of drug-likeness (QED) is 0.240. The van der Waals surface area contributed by atoms with E-state index in [1.54, 1.807) is 48.5 Å². The lowest BCUT2D eigenvalue weighted by Gasteiger charge is -1.97. The van der Waals surface area contributed by atoms with E-state index in [9.17, 15) is 49.2 Å². The Morgan fingerprint density at radius 3 is 0.972 bits per heavy atom. The van der Waals surface area contributed by atoms with Crippen molar-refractivity contribution in [1.29, 1.82) is 0 Å². The molecule has 0 fully saturated rings. The first-order valence-electron chi connectivity index (χ1n) is 8.87. The second kappa shape index (κ2) is 21.2. The minimum atomic E-state index is -1.55. The average molecular weight is 630 g/mol. The number of aldehydes is 2. The van der Waals surface area contributed by atoms with Crippen molar-refractivity contribution >= 4 is 69.0 Å². The summed E-state index contributed by atoms with van der Waals surface area (Å²) >= 11 is 5.58. The van der Waals surface area contributed by atoms with Gasteiger partial charge in [0.15, 0.2) is 45.1 Å². The highest BCUT2D eigenvalue weighted by atomic mass is 79.9. The van der Waals surface area contributed by atoms with Crippen LogP contribution in [0, 0.1) is 0 Å². The topological polar surface area (TPSA) is 213 Å². The largest absolute Gasteiger partial charge is 0.545 e. The maximum atomic E-state index is 10.3. The van der Waals surface area contributed by atoms with Gasteiger partial charge < -0.3 is 47.3 Å². The number of rotatable bonds is 8. The Bertz CT molecular complexity index is 963. The summed E-state index contributed by atoms with van der Waals surface area (Å²) < 4.78 is 9.43. The average Bonchev–Trinajstić information content (AvgIpc) is 2.87. The molecular weight excluding hydrogens is 616 g/mol. The Labute approximate surface area is 221 Å². The number of carboxylic acid groups (broad SMARTS) is 4. The predicted molar refractivity (Wildman–Crippen MR) is 121 cm³/mol. The smallest absolute Gasteiger partial charge is 0.179 e. The van der Waals surface area contributed by atoms with Crippen molar-refractivity contribution in [3.63, 3.8) is 0 Å². The molecule has 14 heteroatoms. The van der Waals surface area contributed by atoms with Gasteiger partial charge in [-0.3, -0.25) is 9.59 Å². The van der Waals surface area contributed by atoms with Crippen LogP contribution in [-0.2, 0) is 19.2 Å². The summed E-state index contributed by atoms with van der Waals surface area (Å²) in [6.45, 7) is 0. The second-order valence-electron chi connectivity index (χ2n) is 5.41. The van der Waals surface area contributed by atoms with Crippen molar-refractivity contribution in [3.05, 3.63) is 84.0 Å². The SMILES string of the molecule is O=C([O-])/C=C/C(=O)[O-].O=C([O-])/C=C/C(=O)[O-].O=Cc1ccccc1OBr.O=Cc1ccccc1OBr. The number of carbonyl (C=O) groups is 6. The summed E-state index contributed by atoms with van der Waals surface area (Å²) in [5.41, 5.74) is 1.08. The Morgan fingerprint density at radius 1 is 0.556 bits per heavy atom. The molecule has 0 spiro atoms. The van der Waals surface area contributed by atoms with Gasteiger partial charge in [-0.05, 0) is 48.6 Å². The van der Waals surface area contributed by atoms with Crippen molar-refractivity contribution in [1.82, 2.24) is 0 Å². The van der Waals surface area contributed by atoms with Crippen molar-refractivity contribution in [3.8, 4) is 11.5 Å². The molecule has 0 aromatic heterocycles. The first kappa shape index (κ1) is 33.9. The first-order valence-corrected chi connectivity index (χ1v) is 10.2. The molecule has 0 N–H and O–H groups in total. The van der Waals surface area contributed by atoms with Crippen LogP contribution in [0.15, 0.2) is 72.8 Å². The number of hydrogen-bond acceptors (Lipinski definition) is 12. The second-order valence-corrected chi connectivity index (χ2v) is 6.06. The Balaban J connectivity index is 0. The molecule has 0 aliphatic carbocycles. The van der Waals surface area contributed by atoms with E-state index in [-0.39, 0.29) is 0 Å². The van der Waals surface area contributed by atoms with E-state index in [0.29, 0.717) is 46.9 Å². The number of halogens is 2. The molecule has 0 bridgehead atoms. The van der Waals surface area contributed by atoms with Gasteiger partial charge in [-0.25, -0.2) is 0 Å². The van der Waals surface area contributed by atoms with Crippen molar-refractivity contribution in [2.75, 3.05) is 0 Å². The molecule has 2 aromatic rings. The first-order chi connectivity index (χ1) is 17.0. The molecule has 12 nitrogen and oxygen atoms in total. The summed E-state index contributed by atoms with van der Waals surface area (Å²) in [6, 6.07) is 13.9. The van der Waals surface area contributed by atoms with E-state index in [1.165, 1.54) is 0 Å². The van der Waals surface area contributed by atoms with Crippen molar-refractivity contribution in [2.45, 2.75) is 0 Å². The third kappa shape index (κ3) is 19.2. The van der Waals surface area contributed by atoms with Gasteiger partial charge in [-0.15, -0.1) is 0 Å². The molecule has 2 rings (SSSR count). The Morgan fingerprint density at radius 2 is 0.806 bits per heavy atom. The highest BCUT2D eigenvalue weighted by Crippen LogP contribution is 2.17. The molecule has 2 aromatic carbocycles. The number of carbonyl (C=O) groups excluding carboxylic acids is 6. The van der Waals surface area contributed by atoms with E-state index in [2.05, 4.69) is 32.5 Å². The highest BCUT2D eigenvalue weighted by Gasteiger charge is 1.98. The number of carboxylic acids is 4. The van der Waals surface area contributed by atoms with Gasteiger partial charge in [-0.2, -0.15) is 0 Å². The number of aliphatic carboxylic acids is 4. The number of benzene rings is 2. The Hall–Kier alpha value is -4.30. The Kier molecular flexibility index (Phi) is 20.0. The third-order valence-corrected chi connectivity index (χ3v) is 3.67. The molecular formula is C22H14Br2O12-4. The van der Waals surface area contributed by atoms with E-state index < -0.39 is 23.9 Å². The minimum absolute atomic E-state index is 0.384. The van der Waals surface area contributed by atoms with Crippen LogP contribution < -0.4 is 28.1 Å². The van der Waals surface area contributed by atoms with E-state index in [4.69, 9.17) is 7.66 Å². The van der Waals surface area contributed by atoms with Gasteiger partial charge in [0.2, 0.25) is 0 Å².